The Bertz CT molecular complexity index is 1930. The highest BCUT2D eigenvalue weighted by Gasteiger charge is 2.39. The minimum Gasteiger partial charge on any atom is -0.457 e. The van der Waals surface area contributed by atoms with E-state index in [1.165, 1.54) is 33.6 Å². The van der Waals surface area contributed by atoms with Gasteiger partial charge in [-0.25, -0.2) is 5.90 Å². The van der Waals surface area contributed by atoms with Crippen LogP contribution in [0.15, 0.2) is 125 Å². The van der Waals surface area contributed by atoms with Crippen molar-refractivity contribution in [3.05, 3.63) is 142 Å². The first-order valence-corrected chi connectivity index (χ1v) is 20.2. The van der Waals surface area contributed by atoms with Crippen molar-refractivity contribution in [2.45, 2.75) is 104 Å². The van der Waals surface area contributed by atoms with Crippen molar-refractivity contribution in [3.8, 4) is 5.75 Å². The van der Waals surface area contributed by atoms with Crippen LogP contribution in [0.5, 0.6) is 5.75 Å². The van der Waals surface area contributed by atoms with Crippen molar-refractivity contribution >= 4 is 17.3 Å². The first-order chi connectivity index (χ1) is 26.5. The van der Waals surface area contributed by atoms with Crippen molar-refractivity contribution in [1.82, 2.24) is 5.32 Å². The van der Waals surface area contributed by atoms with Crippen molar-refractivity contribution in [3.63, 3.8) is 0 Å². The number of ether oxygens (including phenoxy) is 1. The number of fused-ring (bicyclic) bond motifs is 1. The molecule has 5 rings (SSSR count). The molecule has 55 heavy (non-hydrogen) atoms. The number of hydrogen-bond donors (Lipinski definition) is 2. The number of rotatable bonds is 17. The van der Waals surface area contributed by atoms with Crippen LogP contribution in [0.1, 0.15) is 102 Å². The van der Waals surface area contributed by atoms with Crippen LogP contribution >= 0.6 is 0 Å². The predicted octanol–water partition coefficient (Wildman–Crippen LogP) is 10.2. The number of para-hydroxylation sites is 1. The van der Waals surface area contributed by atoms with Crippen LogP contribution < -0.4 is 20.9 Å². The van der Waals surface area contributed by atoms with Crippen LogP contribution in [0.3, 0.4) is 0 Å². The molecule has 1 aliphatic carbocycles. The highest BCUT2D eigenvalue weighted by molar-refractivity contribution is 6.03. The van der Waals surface area contributed by atoms with Crippen LogP contribution in [-0.4, -0.2) is 37.9 Å². The van der Waals surface area contributed by atoms with Crippen LogP contribution in [0.2, 0.25) is 0 Å². The molecule has 1 heterocycles. The van der Waals surface area contributed by atoms with Crippen LogP contribution in [0.4, 0.5) is 5.69 Å². The number of aryl methyl sites for hydroxylation is 1. The Kier molecular flexibility index (Phi) is 14.5. The van der Waals surface area contributed by atoms with Gasteiger partial charge in [0.05, 0.1) is 13.0 Å². The van der Waals surface area contributed by atoms with E-state index >= 15 is 0 Å². The molecule has 3 aromatic carbocycles. The molecule has 3 aromatic rings. The van der Waals surface area contributed by atoms with E-state index in [2.05, 4.69) is 136 Å². The molecule has 3 N–H and O–H groups in total. The summed E-state index contributed by atoms with van der Waals surface area (Å²) in [4.78, 5) is 24.8. The van der Waals surface area contributed by atoms with E-state index in [-0.39, 0.29) is 16.7 Å². The molecule has 2 aliphatic rings. The Morgan fingerprint density at radius 1 is 0.982 bits per heavy atom. The highest BCUT2D eigenvalue weighted by atomic mass is 16.6. The summed E-state index contributed by atoms with van der Waals surface area (Å²) in [6.07, 6.45) is 14.9. The fourth-order valence-electron chi connectivity index (χ4n) is 7.84. The second kappa shape index (κ2) is 19.2. The maximum absolute atomic E-state index is 12.5. The van der Waals surface area contributed by atoms with Crippen molar-refractivity contribution in [2.75, 3.05) is 31.1 Å². The van der Waals surface area contributed by atoms with Gasteiger partial charge in [0.25, 0.3) is 0 Å². The summed E-state index contributed by atoms with van der Waals surface area (Å²) in [6, 6.07) is 25.3. The van der Waals surface area contributed by atoms with E-state index in [9.17, 15) is 4.79 Å². The molecule has 0 spiro atoms. The lowest BCUT2D eigenvalue weighted by atomic mass is 9.77. The summed E-state index contributed by atoms with van der Waals surface area (Å²) in [7, 11) is 0. The summed E-state index contributed by atoms with van der Waals surface area (Å²) >= 11 is 0. The van der Waals surface area contributed by atoms with Crippen molar-refractivity contribution in [2.24, 2.45) is 10.9 Å². The maximum atomic E-state index is 12.5. The van der Waals surface area contributed by atoms with E-state index in [1.54, 1.807) is 0 Å². The van der Waals surface area contributed by atoms with Crippen LogP contribution in [0.25, 0.3) is 0 Å². The lowest BCUT2D eigenvalue weighted by Gasteiger charge is -2.28. The summed E-state index contributed by atoms with van der Waals surface area (Å²) in [5.74, 6) is 6.71. The van der Waals surface area contributed by atoms with Gasteiger partial charge in [0.1, 0.15) is 11.5 Å². The highest BCUT2D eigenvalue weighted by Crippen LogP contribution is 2.48. The monoisotopic (exact) mass is 742 g/mol. The SMILES string of the molecule is CCCN=C(/C=C/C1=C(Oc2ccc(CC(=O)NCCCON)cc2)C(=C/C=C2\N(CCC)c3ccccc3C2(C)C)/CCC1)C(C)(C)c1ccccc1C. The molecule has 0 unspecified atom stereocenters. The summed E-state index contributed by atoms with van der Waals surface area (Å²) in [5, 5.41) is 2.93. The maximum Gasteiger partial charge on any atom is 0.224 e. The minimum atomic E-state index is -0.275. The van der Waals surface area contributed by atoms with E-state index in [1.807, 2.05) is 24.3 Å². The number of aliphatic imine (C=N–C) groups is 1. The van der Waals surface area contributed by atoms with Crippen molar-refractivity contribution < 1.29 is 14.4 Å². The lowest BCUT2D eigenvalue weighted by Crippen LogP contribution is -2.29. The Morgan fingerprint density at radius 3 is 2.45 bits per heavy atom. The standard InChI is InChI=1S/C48H62N4O3/c1-8-30-50-43(47(4,5)40-19-11-10-16-35(40)3)28-24-37-17-14-18-38(25-29-44-48(6,7)41-20-12-13-21-42(41)52(44)32-9-2)46(37)55-39-26-22-36(23-27-39)34-45(53)51-31-15-33-54-49/h10-13,16,19-29H,8-9,14-15,17-18,30-34,49H2,1-7H3,(H,51,53)/b28-24+,38-25+,44-29-,50-43?. The number of nitrogens with zero attached hydrogens (tertiary/aromatic N) is 2. The first-order valence-electron chi connectivity index (χ1n) is 20.2. The molecule has 7 nitrogen and oxygen atoms in total. The van der Waals surface area contributed by atoms with E-state index in [4.69, 9.17) is 15.6 Å². The van der Waals surface area contributed by atoms with E-state index in [0.717, 1.165) is 73.6 Å². The summed E-state index contributed by atoms with van der Waals surface area (Å²) in [6.45, 7) is 18.5. The fourth-order valence-corrected chi connectivity index (χ4v) is 7.84. The van der Waals surface area contributed by atoms with Crippen LogP contribution in [0, 0.1) is 6.92 Å². The number of allylic oxidation sites excluding steroid dienone is 7. The molecule has 1 amide bonds. The van der Waals surface area contributed by atoms with Crippen LogP contribution in [-0.2, 0) is 26.9 Å². The third-order valence-electron chi connectivity index (χ3n) is 10.8. The largest absolute Gasteiger partial charge is 0.457 e. The number of hydrogen-bond acceptors (Lipinski definition) is 6. The zero-order valence-electron chi connectivity index (χ0n) is 34.2. The molecule has 0 fully saturated rings. The third kappa shape index (κ3) is 10.1. The minimum absolute atomic E-state index is 0.0328. The Labute approximate surface area is 330 Å². The Hall–Kier alpha value is -4.72. The topological polar surface area (TPSA) is 89.2 Å². The molecule has 0 saturated heterocycles. The smallest absolute Gasteiger partial charge is 0.224 e. The molecular weight excluding hydrogens is 681 g/mol. The van der Waals surface area contributed by atoms with Gasteiger partial charge in [-0.15, -0.1) is 0 Å². The third-order valence-corrected chi connectivity index (χ3v) is 10.8. The Balaban J connectivity index is 1.53. The predicted molar refractivity (Wildman–Crippen MR) is 229 cm³/mol. The average Bonchev–Trinajstić information content (AvgIpc) is 3.38. The number of carbonyl (C=O) groups is 1. The van der Waals surface area contributed by atoms with Gasteiger partial charge in [-0.2, -0.15) is 0 Å². The van der Waals surface area contributed by atoms with Gasteiger partial charge in [-0.05, 0) is 109 Å². The van der Waals surface area contributed by atoms with Gasteiger partial charge in [-0.1, -0.05) is 108 Å². The van der Waals surface area contributed by atoms with Gasteiger partial charge in [0.2, 0.25) is 5.91 Å². The molecule has 0 atom stereocenters. The molecule has 292 valence electrons. The molecule has 0 radical (unpaired) electrons. The first kappa shape index (κ1) is 41.4. The number of amides is 1. The van der Waals surface area contributed by atoms with Crippen molar-refractivity contribution in [1.29, 1.82) is 0 Å². The Morgan fingerprint density at radius 2 is 1.73 bits per heavy atom. The zero-order valence-corrected chi connectivity index (χ0v) is 34.2. The van der Waals surface area contributed by atoms with Gasteiger partial charge in [0.15, 0.2) is 0 Å². The molecule has 0 bridgehead atoms. The lowest BCUT2D eigenvalue weighted by molar-refractivity contribution is -0.120. The quantitative estimate of drug-likeness (QED) is 0.0817. The molecular formula is C48H62N4O3. The second-order valence-electron chi connectivity index (χ2n) is 15.8. The summed E-state index contributed by atoms with van der Waals surface area (Å²) in [5.41, 5.74) is 10.4. The number of nitrogens with one attached hydrogen (secondary N) is 1. The number of benzene rings is 3. The fraction of sp³-hybridized carbons (Fsp3) is 0.417. The van der Waals surface area contributed by atoms with Gasteiger partial charge in [-0.3, -0.25) is 9.79 Å². The normalized spacial score (nSPS) is 17.4. The molecule has 1 aliphatic heterocycles. The number of anilines is 1. The summed E-state index contributed by atoms with van der Waals surface area (Å²) < 4.78 is 6.89. The molecule has 0 aromatic heterocycles. The van der Waals surface area contributed by atoms with E-state index in [0.29, 0.717) is 26.0 Å². The number of nitrogens with two attached hydrogens (primary N) is 1. The number of carbonyl (C=O) groups excluding carboxylic acids is 1. The van der Waals surface area contributed by atoms with Gasteiger partial charge >= 0.3 is 0 Å². The van der Waals surface area contributed by atoms with E-state index < -0.39 is 0 Å². The molecule has 0 saturated carbocycles. The second-order valence-corrected chi connectivity index (χ2v) is 15.8. The zero-order chi connectivity index (χ0) is 39.4. The van der Waals surface area contributed by atoms with Gasteiger partial charge in [0, 0.05) is 47.6 Å². The molecule has 7 heteroatoms. The average molecular weight is 743 g/mol. The van der Waals surface area contributed by atoms with Gasteiger partial charge < -0.3 is 19.8 Å².